The summed E-state index contributed by atoms with van der Waals surface area (Å²) in [5, 5.41) is 3.13. The molecule has 2 heterocycles. The molecule has 5 heteroatoms. The molecular formula is C9H15N3O2. The predicted octanol–water partition coefficient (Wildman–Crippen LogP) is -0.523. The lowest BCUT2D eigenvalue weighted by Crippen LogP contribution is -2.40. The van der Waals surface area contributed by atoms with Crippen molar-refractivity contribution in [2.75, 3.05) is 13.2 Å². The van der Waals surface area contributed by atoms with Crippen molar-refractivity contribution >= 4 is 5.97 Å². The van der Waals surface area contributed by atoms with Gasteiger partial charge in [0, 0.05) is 24.4 Å². The maximum atomic E-state index is 11.5. The summed E-state index contributed by atoms with van der Waals surface area (Å²) in [5.41, 5.74) is 7.00. The van der Waals surface area contributed by atoms with Gasteiger partial charge in [-0.2, -0.15) is 0 Å². The Balaban J connectivity index is 2.04. The number of carbonyl (C=O) groups excluding carboxylic acids is 1. The molecule has 14 heavy (non-hydrogen) atoms. The van der Waals surface area contributed by atoms with Crippen LogP contribution in [0.2, 0.25) is 0 Å². The van der Waals surface area contributed by atoms with Crippen molar-refractivity contribution in [2.24, 2.45) is 5.92 Å². The second-order valence-electron chi connectivity index (χ2n) is 3.45. The predicted molar refractivity (Wildman–Crippen MR) is 50.9 cm³/mol. The first-order chi connectivity index (χ1) is 6.83. The molecule has 78 valence electrons. The minimum atomic E-state index is -0.233. The van der Waals surface area contributed by atoms with Crippen molar-refractivity contribution in [3.63, 3.8) is 0 Å². The molecule has 3 N–H and O–H groups in total. The van der Waals surface area contributed by atoms with Crippen LogP contribution in [0.15, 0.2) is 11.9 Å². The van der Waals surface area contributed by atoms with Crippen LogP contribution in [-0.4, -0.2) is 25.2 Å². The van der Waals surface area contributed by atoms with Crippen LogP contribution < -0.4 is 16.2 Å². The van der Waals surface area contributed by atoms with Crippen LogP contribution in [0.5, 0.6) is 0 Å². The van der Waals surface area contributed by atoms with Crippen molar-refractivity contribution < 1.29 is 9.53 Å². The molecule has 0 aromatic carbocycles. The Morgan fingerprint density at radius 1 is 1.71 bits per heavy atom. The summed E-state index contributed by atoms with van der Waals surface area (Å²) in [6.07, 6.45) is 2.87. The summed E-state index contributed by atoms with van der Waals surface area (Å²) in [7, 11) is 0. The molecule has 2 atom stereocenters. The van der Waals surface area contributed by atoms with E-state index in [1.54, 1.807) is 0 Å². The first-order valence-electron chi connectivity index (χ1n) is 4.94. The van der Waals surface area contributed by atoms with Crippen LogP contribution in [0.4, 0.5) is 0 Å². The molecule has 0 spiro atoms. The fraction of sp³-hybridized carbons (Fsp3) is 0.667. The van der Waals surface area contributed by atoms with Crippen LogP contribution in [0.1, 0.15) is 13.3 Å². The van der Waals surface area contributed by atoms with Gasteiger partial charge in [0.1, 0.15) is 6.04 Å². The molecule has 2 rings (SSSR count). The number of rotatable bonds is 2. The lowest BCUT2D eigenvalue weighted by atomic mass is 9.93. The van der Waals surface area contributed by atoms with Crippen molar-refractivity contribution in [3.8, 4) is 0 Å². The smallest absolute Gasteiger partial charge is 0.325 e. The number of hydrazine groups is 1. The van der Waals surface area contributed by atoms with Crippen molar-refractivity contribution in [1.29, 1.82) is 0 Å². The molecule has 0 saturated carbocycles. The lowest BCUT2D eigenvalue weighted by Gasteiger charge is -2.20. The standard InChI is InChI=1S/C9H15N3O2/c1-2-14-9(13)8-6-3-4-10-5-7(6)11-12-8/h5-6,8,10-12H,2-4H2,1H3. The van der Waals surface area contributed by atoms with Gasteiger partial charge in [0.2, 0.25) is 0 Å². The third kappa shape index (κ3) is 1.55. The Morgan fingerprint density at radius 3 is 3.36 bits per heavy atom. The van der Waals surface area contributed by atoms with Crippen molar-refractivity contribution in [1.82, 2.24) is 16.2 Å². The van der Waals surface area contributed by atoms with Gasteiger partial charge in [0.25, 0.3) is 0 Å². The minimum Gasteiger partial charge on any atom is -0.465 e. The van der Waals surface area contributed by atoms with E-state index >= 15 is 0 Å². The summed E-state index contributed by atoms with van der Waals surface area (Å²) in [5.74, 6) is 0.0607. The third-order valence-electron chi connectivity index (χ3n) is 2.57. The van der Waals surface area contributed by atoms with Gasteiger partial charge in [0.05, 0.1) is 6.61 Å². The Morgan fingerprint density at radius 2 is 2.57 bits per heavy atom. The van der Waals surface area contributed by atoms with E-state index in [1.165, 1.54) is 0 Å². The SMILES string of the molecule is CCOC(=O)C1NNC2=CNCCC21. The summed E-state index contributed by atoms with van der Waals surface area (Å²) in [4.78, 5) is 11.5. The molecule has 2 aliphatic rings. The molecule has 1 saturated heterocycles. The number of nitrogens with one attached hydrogen (secondary N) is 3. The van der Waals surface area contributed by atoms with Crippen molar-refractivity contribution in [3.05, 3.63) is 11.9 Å². The lowest BCUT2D eigenvalue weighted by molar-refractivity contribution is -0.146. The van der Waals surface area contributed by atoms with Gasteiger partial charge in [-0.1, -0.05) is 0 Å². The summed E-state index contributed by atoms with van der Waals surface area (Å²) >= 11 is 0. The third-order valence-corrected chi connectivity index (χ3v) is 2.57. The molecule has 0 aromatic rings. The fourth-order valence-corrected chi connectivity index (χ4v) is 1.88. The van der Waals surface area contributed by atoms with Gasteiger partial charge in [0.15, 0.2) is 0 Å². The number of ether oxygens (including phenoxy) is 1. The van der Waals surface area contributed by atoms with Gasteiger partial charge >= 0.3 is 5.97 Å². The van der Waals surface area contributed by atoms with Crippen LogP contribution >= 0.6 is 0 Å². The minimum absolute atomic E-state index is 0.171. The number of hydrogen-bond donors (Lipinski definition) is 3. The van der Waals surface area contributed by atoms with Gasteiger partial charge in [-0.15, -0.1) is 0 Å². The Labute approximate surface area is 82.9 Å². The van der Waals surface area contributed by atoms with E-state index in [0.717, 1.165) is 18.7 Å². The fourth-order valence-electron chi connectivity index (χ4n) is 1.88. The maximum Gasteiger partial charge on any atom is 0.325 e. The second-order valence-corrected chi connectivity index (χ2v) is 3.45. The summed E-state index contributed by atoms with van der Waals surface area (Å²) in [6, 6.07) is -0.233. The summed E-state index contributed by atoms with van der Waals surface area (Å²) < 4.78 is 4.99. The van der Waals surface area contributed by atoms with E-state index in [9.17, 15) is 4.79 Å². The van der Waals surface area contributed by atoms with E-state index in [4.69, 9.17) is 4.74 Å². The highest BCUT2D eigenvalue weighted by molar-refractivity contribution is 5.77. The zero-order valence-corrected chi connectivity index (χ0v) is 8.17. The molecule has 0 bridgehead atoms. The highest BCUT2D eigenvalue weighted by Gasteiger charge is 2.38. The monoisotopic (exact) mass is 197 g/mol. The second kappa shape index (κ2) is 3.88. The zero-order valence-electron chi connectivity index (χ0n) is 8.17. The van der Waals surface area contributed by atoms with Crippen molar-refractivity contribution in [2.45, 2.75) is 19.4 Å². The molecule has 1 fully saturated rings. The highest BCUT2D eigenvalue weighted by atomic mass is 16.5. The molecular weight excluding hydrogens is 182 g/mol. The first-order valence-corrected chi connectivity index (χ1v) is 4.94. The van der Waals surface area contributed by atoms with Crippen LogP contribution in [0, 0.1) is 5.92 Å². The Bertz CT molecular complexity index is 265. The Hall–Kier alpha value is -1.23. The van der Waals surface area contributed by atoms with Crippen LogP contribution in [-0.2, 0) is 9.53 Å². The highest BCUT2D eigenvalue weighted by Crippen LogP contribution is 2.24. The van der Waals surface area contributed by atoms with E-state index in [2.05, 4.69) is 16.2 Å². The van der Waals surface area contributed by atoms with Crippen LogP contribution in [0.3, 0.4) is 0 Å². The van der Waals surface area contributed by atoms with Gasteiger partial charge in [-0.05, 0) is 13.3 Å². The molecule has 0 amide bonds. The average molecular weight is 197 g/mol. The van der Waals surface area contributed by atoms with Crippen LogP contribution in [0.25, 0.3) is 0 Å². The normalized spacial score (nSPS) is 29.6. The number of fused-ring (bicyclic) bond motifs is 1. The number of esters is 1. The van der Waals surface area contributed by atoms with E-state index in [1.807, 2.05) is 13.1 Å². The topological polar surface area (TPSA) is 62.4 Å². The van der Waals surface area contributed by atoms with E-state index in [0.29, 0.717) is 6.61 Å². The largest absolute Gasteiger partial charge is 0.465 e. The van der Waals surface area contributed by atoms with E-state index in [-0.39, 0.29) is 17.9 Å². The Kier molecular flexibility index (Phi) is 2.58. The molecule has 0 aromatic heterocycles. The summed E-state index contributed by atoms with van der Waals surface area (Å²) in [6.45, 7) is 3.16. The average Bonchev–Trinajstić information content (AvgIpc) is 2.61. The molecule has 5 nitrogen and oxygen atoms in total. The van der Waals surface area contributed by atoms with Gasteiger partial charge < -0.3 is 15.5 Å². The molecule has 0 radical (unpaired) electrons. The van der Waals surface area contributed by atoms with E-state index < -0.39 is 0 Å². The zero-order chi connectivity index (χ0) is 9.97. The quantitative estimate of drug-likeness (QED) is 0.520. The van der Waals surface area contributed by atoms with Gasteiger partial charge in [-0.3, -0.25) is 4.79 Å². The molecule has 2 aliphatic heterocycles. The number of hydrogen-bond acceptors (Lipinski definition) is 5. The van der Waals surface area contributed by atoms with Gasteiger partial charge in [-0.25, -0.2) is 5.43 Å². The number of carbonyl (C=O) groups is 1. The first kappa shape index (κ1) is 9.33. The molecule has 2 unspecified atom stereocenters. The maximum absolute atomic E-state index is 11.5. The molecule has 0 aliphatic carbocycles.